The molecule has 0 radical (unpaired) electrons. The van der Waals surface area contributed by atoms with Crippen molar-refractivity contribution in [2.24, 2.45) is 0 Å². The quantitative estimate of drug-likeness (QED) is 0.588. The molecule has 0 heterocycles. The molecule has 0 aliphatic carbocycles. The van der Waals surface area contributed by atoms with Crippen LogP contribution in [0.4, 0.5) is 0 Å². The normalized spacial score (nSPS) is 10.4. The smallest absolute Gasteiger partial charge is 0.307 e. The first-order valence-corrected chi connectivity index (χ1v) is 7.50. The Balaban J connectivity index is 2.76. The van der Waals surface area contributed by atoms with Crippen molar-refractivity contribution in [3.63, 3.8) is 0 Å². The van der Waals surface area contributed by atoms with E-state index in [4.69, 9.17) is 19.7 Å². The van der Waals surface area contributed by atoms with E-state index in [1.165, 1.54) is 38.5 Å². The summed E-state index contributed by atoms with van der Waals surface area (Å²) in [5, 5.41) is 38.5. The lowest BCUT2D eigenvalue weighted by Gasteiger charge is -2.16. The molecule has 8 heteroatoms. The molecule has 0 saturated heterocycles. The molecule has 0 aromatic heterocycles. The lowest BCUT2D eigenvalue weighted by atomic mass is 9.91. The highest BCUT2D eigenvalue weighted by Crippen LogP contribution is 2.40. The number of carboxylic acid groups (broad SMARTS) is 2. The zero-order chi connectivity index (χ0) is 19.4. The van der Waals surface area contributed by atoms with Gasteiger partial charge in [-0.05, 0) is 46.5 Å². The van der Waals surface area contributed by atoms with E-state index in [0.29, 0.717) is 11.1 Å². The van der Waals surface area contributed by atoms with Gasteiger partial charge in [-0.25, -0.2) is 0 Å². The minimum Gasteiger partial charge on any atom is -0.504 e. The lowest BCUT2D eigenvalue weighted by molar-refractivity contribution is -0.137. The zero-order valence-corrected chi connectivity index (χ0v) is 14.1. The summed E-state index contributed by atoms with van der Waals surface area (Å²) >= 11 is 0. The molecule has 0 aliphatic rings. The van der Waals surface area contributed by atoms with Gasteiger partial charge in [-0.1, -0.05) is 0 Å². The number of ether oxygens (including phenoxy) is 2. The van der Waals surface area contributed by atoms with Crippen LogP contribution in [0.5, 0.6) is 23.0 Å². The van der Waals surface area contributed by atoms with E-state index in [2.05, 4.69) is 0 Å². The Bertz CT molecular complexity index is 785. The number of rotatable bonds is 7. The third kappa shape index (κ3) is 3.97. The second-order valence-corrected chi connectivity index (χ2v) is 5.50. The first-order chi connectivity index (χ1) is 12.3. The zero-order valence-electron chi connectivity index (χ0n) is 14.1. The summed E-state index contributed by atoms with van der Waals surface area (Å²) in [4.78, 5) is 22.4. The molecule has 0 fully saturated rings. The predicted molar refractivity (Wildman–Crippen MR) is 91.0 cm³/mol. The Morgan fingerprint density at radius 1 is 0.769 bits per heavy atom. The van der Waals surface area contributed by atoms with Gasteiger partial charge in [0, 0.05) is 0 Å². The fourth-order valence-corrected chi connectivity index (χ4v) is 2.67. The molecular weight excluding hydrogens is 344 g/mol. The number of aliphatic carboxylic acids is 2. The van der Waals surface area contributed by atoms with Gasteiger partial charge in [0.1, 0.15) is 0 Å². The topological polar surface area (TPSA) is 134 Å². The SMILES string of the molecule is COc1cc(CC(=O)O)c(-c2cc(O)c(OC)cc2CC(=O)O)cc1O. The van der Waals surface area contributed by atoms with Crippen LogP contribution in [-0.2, 0) is 22.4 Å². The molecule has 0 amide bonds. The minimum absolute atomic E-state index is 0.0857. The molecule has 2 aromatic carbocycles. The van der Waals surface area contributed by atoms with Gasteiger partial charge >= 0.3 is 11.9 Å². The van der Waals surface area contributed by atoms with E-state index in [9.17, 15) is 19.8 Å². The van der Waals surface area contributed by atoms with E-state index in [1.807, 2.05) is 0 Å². The van der Waals surface area contributed by atoms with Gasteiger partial charge in [-0.15, -0.1) is 0 Å². The summed E-state index contributed by atoms with van der Waals surface area (Å²) in [5.74, 6) is -2.54. The van der Waals surface area contributed by atoms with Gasteiger partial charge in [-0.3, -0.25) is 9.59 Å². The maximum absolute atomic E-state index is 11.2. The maximum Gasteiger partial charge on any atom is 0.307 e. The second kappa shape index (κ2) is 7.64. The number of phenolic OH excluding ortho intramolecular Hbond substituents is 2. The summed E-state index contributed by atoms with van der Waals surface area (Å²) in [6, 6.07) is 5.29. The molecule has 8 nitrogen and oxygen atoms in total. The van der Waals surface area contributed by atoms with Crippen molar-refractivity contribution in [1.29, 1.82) is 0 Å². The lowest BCUT2D eigenvalue weighted by Crippen LogP contribution is -2.06. The van der Waals surface area contributed by atoms with Crippen molar-refractivity contribution in [3.05, 3.63) is 35.4 Å². The minimum atomic E-state index is -1.11. The first kappa shape index (κ1) is 18.9. The Labute approximate surface area is 148 Å². The average molecular weight is 362 g/mol. The second-order valence-electron chi connectivity index (χ2n) is 5.50. The number of hydrogen-bond donors (Lipinski definition) is 4. The third-order valence-electron chi connectivity index (χ3n) is 3.78. The Kier molecular flexibility index (Phi) is 5.56. The fourth-order valence-electron chi connectivity index (χ4n) is 2.67. The van der Waals surface area contributed by atoms with Gasteiger partial charge in [-0.2, -0.15) is 0 Å². The van der Waals surface area contributed by atoms with Gasteiger partial charge in [0.2, 0.25) is 0 Å². The largest absolute Gasteiger partial charge is 0.504 e. The van der Waals surface area contributed by atoms with Gasteiger partial charge in [0.15, 0.2) is 23.0 Å². The number of hydrogen-bond acceptors (Lipinski definition) is 6. The molecule has 0 atom stereocenters. The highest BCUT2D eigenvalue weighted by Gasteiger charge is 2.20. The van der Waals surface area contributed by atoms with Crippen LogP contribution in [-0.4, -0.2) is 46.6 Å². The number of carboxylic acids is 2. The monoisotopic (exact) mass is 362 g/mol. The van der Waals surface area contributed by atoms with Crippen LogP contribution in [0.1, 0.15) is 11.1 Å². The molecule has 0 unspecified atom stereocenters. The van der Waals surface area contributed by atoms with Crippen LogP contribution in [0, 0.1) is 0 Å². The Morgan fingerprint density at radius 2 is 1.12 bits per heavy atom. The van der Waals surface area contributed by atoms with Gasteiger partial charge < -0.3 is 29.9 Å². The molecular formula is C18H18O8. The van der Waals surface area contributed by atoms with Crippen molar-refractivity contribution in [2.75, 3.05) is 14.2 Å². The van der Waals surface area contributed by atoms with Crippen LogP contribution in [0.25, 0.3) is 11.1 Å². The van der Waals surface area contributed by atoms with Crippen molar-refractivity contribution < 1.29 is 39.5 Å². The molecule has 0 saturated carbocycles. The number of carbonyl (C=O) groups is 2. The molecule has 2 aromatic rings. The fraction of sp³-hybridized carbons (Fsp3) is 0.222. The maximum atomic E-state index is 11.2. The molecule has 4 N–H and O–H groups in total. The molecule has 0 spiro atoms. The summed E-state index contributed by atoms with van der Waals surface area (Å²) in [5.41, 5.74) is 1.14. The first-order valence-electron chi connectivity index (χ1n) is 7.50. The predicted octanol–water partition coefficient (Wildman–Crippen LogP) is 2.04. The van der Waals surface area contributed by atoms with E-state index in [1.54, 1.807) is 0 Å². The van der Waals surface area contributed by atoms with Crippen molar-refractivity contribution in [1.82, 2.24) is 0 Å². The number of benzene rings is 2. The Morgan fingerprint density at radius 3 is 1.38 bits per heavy atom. The van der Waals surface area contributed by atoms with Crippen molar-refractivity contribution >= 4 is 11.9 Å². The van der Waals surface area contributed by atoms with Crippen LogP contribution < -0.4 is 9.47 Å². The molecule has 26 heavy (non-hydrogen) atoms. The van der Waals surface area contributed by atoms with E-state index in [0.717, 1.165) is 0 Å². The third-order valence-corrected chi connectivity index (χ3v) is 3.78. The van der Waals surface area contributed by atoms with Crippen molar-refractivity contribution in [3.8, 4) is 34.1 Å². The molecule has 0 bridgehead atoms. The molecule has 138 valence electrons. The average Bonchev–Trinajstić information content (AvgIpc) is 2.56. The van der Waals surface area contributed by atoms with Gasteiger partial charge in [0.05, 0.1) is 27.1 Å². The van der Waals surface area contributed by atoms with E-state index < -0.39 is 11.9 Å². The number of aromatic hydroxyl groups is 2. The highest BCUT2D eigenvalue weighted by atomic mass is 16.5. The van der Waals surface area contributed by atoms with Crippen LogP contribution in [0.3, 0.4) is 0 Å². The number of methoxy groups -OCH3 is 2. The summed E-state index contributed by atoms with van der Waals surface area (Å²) in [6.45, 7) is 0. The number of phenols is 2. The molecule has 0 aliphatic heterocycles. The van der Waals surface area contributed by atoms with Gasteiger partial charge in [0.25, 0.3) is 0 Å². The van der Waals surface area contributed by atoms with Crippen LogP contribution in [0.15, 0.2) is 24.3 Å². The van der Waals surface area contributed by atoms with Crippen LogP contribution in [0.2, 0.25) is 0 Å². The van der Waals surface area contributed by atoms with Crippen LogP contribution >= 0.6 is 0 Å². The van der Waals surface area contributed by atoms with Crippen molar-refractivity contribution in [2.45, 2.75) is 12.8 Å². The summed E-state index contributed by atoms with van der Waals surface area (Å²) in [6.07, 6.45) is -0.767. The summed E-state index contributed by atoms with van der Waals surface area (Å²) in [7, 11) is 2.66. The van der Waals surface area contributed by atoms with E-state index >= 15 is 0 Å². The Hall–Kier alpha value is -3.42. The standard InChI is InChI=1S/C18H18O8/c1-25-15-3-9(5-17(21)22)11(7-13(15)19)12-8-14(20)16(26-2)4-10(12)6-18(23)24/h3-4,7-8,19-20H,5-6H2,1-2H3,(H,21,22)(H,23,24). The summed E-state index contributed by atoms with van der Waals surface area (Å²) < 4.78 is 10.0. The highest BCUT2D eigenvalue weighted by molar-refractivity contribution is 5.83. The van der Waals surface area contributed by atoms with E-state index in [-0.39, 0.29) is 47.0 Å². The molecule has 2 rings (SSSR count).